The molecule has 5 nitrogen and oxygen atoms in total. The van der Waals surface area contributed by atoms with Gasteiger partial charge >= 0.3 is 0 Å². The Balaban J connectivity index is 1.93. The first-order chi connectivity index (χ1) is 13.0. The molecule has 0 unspecified atom stereocenters. The number of carbonyl (C=O) groups is 1. The molecule has 0 saturated carbocycles. The van der Waals surface area contributed by atoms with Gasteiger partial charge in [-0.3, -0.25) is 14.2 Å². The molecule has 0 bridgehead atoms. The van der Waals surface area contributed by atoms with E-state index in [-0.39, 0.29) is 11.5 Å². The number of para-hydroxylation sites is 2. The number of anilines is 1. The molecule has 3 rings (SSSR count). The van der Waals surface area contributed by atoms with Crippen molar-refractivity contribution in [3.05, 3.63) is 77.6 Å². The van der Waals surface area contributed by atoms with Crippen molar-refractivity contribution in [2.45, 2.75) is 23.9 Å². The summed E-state index contributed by atoms with van der Waals surface area (Å²) in [5.41, 5.74) is 1.32. The summed E-state index contributed by atoms with van der Waals surface area (Å²) in [7, 11) is 1.75. The minimum absolute atomic E-state index is 0.0567. The van der Waals surface area contributed by atoms with Crippen LogP contribution in [0.5, 0.6) is 0 Å². The minimum atomic E-state index is -0.403. The molecule has 0 N–H and O–H groups in total. The molecule has 0 aliphatic heterocycles. The molecule has 1 aromatic heterocycles. The fourth-order valence-electron chi connectivity index (χ4n) is 2.79. The number of hydrogen-bond acceptors (Lipinski definition) is 4. The topological polar surface area (TPSA) is 55.2 Å². The lowest BCUT2D eigenvalue weighted by Crippen LogP contribution is -2.34. The van der Waals surface area contributed by atoms with Gasteiger partial charge in [0.05, 0.1) is 16.2 Å². The maximum absolute atomic E-state index is 12.8. The molecule has 0 aliphatic carbocycles. The van der Waals surface area contributed by atoms with Crippen molar-refractivity contribution in [3.63, 3.8) is 0 Å². The van der Waals surface area contributed by atoms with Gasteiger partial charge in [0.1, 0.15) is 0 Å². The molecule has 1 atom stereocenters. The Morgan fingerprint density at radius 1 is 1.22 bits per heavy atom. The molecule has 1 amide bonds. The third kappa shape index (κ3) is 3.95. The SMILES string of the molecule is C=CCn1c(S[C@@H](C)C(=O)N(C)c2ccccc2)nc2ccccc2c1=O. The summed E-state index contributed by atoms with van der Waals surface area (Å²) >= 11 is 1.28. The fraction of sp³-hybridized carbons (Fsp3) is 0.190. The average molecular weight is 379 g/mol. The summed E-state index contributed by atoms with van der Waals surface area (Å²) < 4.78 is 1.56. The Hall–Kier alpha value is -2.86. The van der Waals surface area contributed by atoms with Crippen LogP contribution in [0.3, 0.4) is 0 Å². The summed E-state index contributed by atoms with van der Waals surface area (Å²) in [6.45, 7) is 5.90. The van der Waals surface area contributed by atoms with Crippen molar-refractivity contribution in [2.24, 2.45) is 0 Å². The second-order valence-corrected chi connectivity index (χ2v) is 7.42. The fourth-order valence-corrected chi connectivity index (χ4v) is 3.80. The maximum Gasteiger partial charge on any atom is 0.262 e. The average Bonchev–Trinajstić information content (AvgIpc) is 2.70. The number of rotatable bonds is 6. The van der Waals surface area contributed by atoms with Crippen LogP contribution in [0.1, 0.15) is 6.92 Å². The third-order valence-corrected chi connectivity index (χ3v) is 5.32. The molecule has 1 heterocycles. The van der Waals surface area contributed by atoms with Crippen molar-refractivity contribution in [2.75, 3.05) is 11.9 Å². The van der Waals surface area contributed by atoms with Crippen LogP contribution in [0, 0.1) is 0 Å². The highest BCUT2D eigenvalue weighted by atomic mass is 32.2. The maximum atomic E-state index is 12.8. The number of fused-ring (bicyclic) bond motifs is 1. The molecular formula is C21H21N3O2S. The van der Waals surface area contributed by atoms with Gasteiger partial charge in [-0.25, -0.2) is 4.98 Å². The number of carbonyl (C=O) groups excluding carboxylic acids is 1. The second kappa shape index (κ2) is 8.22. The molecule has 6 heteroatoms. The van der Waals surface area contributed by atoms with Crippen molar-refractivity contribution in [3.8, 4) is 0 Å². The summed E-state index contributed by atoms with van der Waals surface area (Å²) in [5, 5.41) is 0.671. The number of allylic oxidation sites excluding steroid dienone is 1. The van der Waals surface area contributed by atoms with Crippen molar-refractivity contribution >= 4 is 34.3 Å². The first-order valence-corrected chi connectivity index (χ1v) is 9.50. The highest BCUT2D eigenvalue weighted by Crippen LogP contribution is 2.25. The molecule has 2 aromatic carbocycles. The van der Waals surface area contributed by atoms with E-state index in [1.165, 1.54) is 11.8 Å². The van der Waals surface area contributed by atoms with E-state index < -0.39 is 5.25 Å². The van der Waals surface area contributed by atoms with Crippen LogP contribution in [0.15, 0.2) is 77.2 Å². The summed E-state index contributed by atoms with van der Waals surface area (Å²) in [6, 6.07) is 16.7. The number of amides is 1. The monoisotopic (exact) mass is 379 g/mol. The Labute approximate surface area is 162 Å². The predicted molar refractivity (Wildman–Crippen MR) is 111 cm³/mol. The van der Waals surface area contributed by atoms with Gasteiger partial charge in [0.2, 0.25) is 5.91 Å². The van der Waals surface area contributed by atoms with Gasteiger partial charge in [-0.05, 0) is 31.2 Å². The number of nitrogens with zero attached hydrogens (tertiary/aromatic N) is 3. The van der Waals surface area contributed by atoms with Crippen LogP contribution >= 0.6 is 11.8 Å². The molecule has 3 aromatic rings. The van der Waals surface area contributed by atoms with Crippen LogP contribution in [-0.2, 0) is 11.3 Å². The van der Waals surface area contributed by atoms with Crippen molar-refractivity contribution < 1.29 is 4.79 Å². The molecule has 0 saturated heterocycles. The zero-order chi connectivity index (χ0) is 19.4. The van der Waals surface area contributed by atoms with Gasteiger partial charge < -0.3 is 4.90 Å². The predicted octanol–water partition coefficient (Wildman–Crippen LogP) is 3.73. The standard InChI is InChI=1S/C21H21N3O2S/c1-4-14-24-20(26)17-12-8-9-13-18(17)22-21(24)27-15(2)19(25)23(3)16-10-6-5-7-11-16/h4-13,15H,1,14H2,2-3H3/t15-/m0/s1. The highest BCUT2D eigenvalue weighted by molar-refractivity contribution is 8.00. The summed E-state index contributed by atoms with van der Waals surface area (Å²) in [5.74, 6) is -0.0567. The summed E-state index contributed by atoms with van der Waals surface area (Å²) in [4.78, 5) is 31.9. The minimum Gasteiger partial charge on any atom is -0.315 e. The third-order valence-electron chi connectivity index (χ3n) is 4.24. The normalized spacial score (nSPS) is 11.9. The van der Waals surface area contributed by atoms with Gasteiger partial charge in [0.15, 0.2) is 5.16 Å². The smallest absolute Gasteiger partial charge is 0.262 e. The number of thioether (sulfide) groups is 1. The lowest BCUT2D eigenvalue weighted by molar-refractivity contribution is -0.117. The van der Waals surface area contributed by atoms with E-state index in [0.29, 0.717) is 22.6 Å². The zero-order valence-electron chi connectivity index (χ0n) is 15.3. The Kier molecular flexibility index (Phi) is 5.76. The van der Waals surface area contributed by atoms with E-state index in [4.69, 9.17) is 0 Å². The van der Waals surface area contributed by atoms with E-state index in [1.807, 2.05) is 55.5 Å². The number of hydrogen-bond donors (Lipinski definition) is 0. The van der Waals surface area contributed by atoms with Crippen molar-refractivity contribution in [1.29, 1.82) is 0 Å². The van der Waals surface area contributed by atoms with Crippen LogP contribution < -0.4 is 10.5 Å². The van der Waals surface area contributed by atoms with Gasteiger partial charge in [0, 0.05) is 19.3 Å². The van der Waals surface area contributed by atoms with E-state index in [0.717, 1.165) is 5.69 Å². The van der Waals surface area contributed by atoms with Gasteiger partial charge in [0.25, 0.3) is 5.56 Å². The second-order valence-electron chi connectivity index (χ2n) is 6.11. The number of benzene rings is 2. The lowest BCUT2D eigenvalue weighted by Gasteiger charge is -2.22. The Morgan fingerprint density at radius 3 is 2.59 bits per heavy atom. The first-order valence-electron chi connectivity index (χ1n) is 8.62. The number of aromatic nitrogens is 2. The summed E-state index contributed by atoms with van der Waals surface area (Å²) in [6.07, 6.45) is 1.66. The van der Waals surface area contributed by atoms with E-state index in [9.17, 15) is 9.59 Å². The van der Waals surface area contributed by atoms with E-state index in [2.05, 4.69) is 11.6 Å². The lowest BCUT2D eigenvalue weighted by atomic mass is 10.2. The molecule has 27 heavy (non-hydrogen) atoms. The molecule has 0 aliphatic rings. The van der Waals surface area contributed by atoms with Gasteiger partial charge in [-0.1, -0.05) is 48.2 Å². The van der Waals surface area contributed by atoms with Gasteiger partial charge in [-0.15, -0.1) is 6.58 Å². The van der Waals surface area contributed by atoms with Crippen molar-refractivity contribution in [1.82, 2.24) is 9.55 Å². The first kappa shape index (κ1) is 18.9. The Bertz CT molecular complexity index is 1030. The molecule has 0 radical (unpaired) electrons. The molecule has 0 fully saturated rings. The van der Waals surface area contributed by atoms with Crippen LogP contribution in [0.4, 0.5) is 5.69 Å². The quantitative estimate of drug-likeness (QED) is 0.372. The van der Waals surface area contributed by atoms with E-state index in [1.54, 1.807) is 28.7 Å². The molecule has 138 valence electrons. The van der Waals surface area contributed by atoms with Gasteiger partial charge in [-0.2, -0.15) is 0 Å². The van der Waals surface area contributed by atoms with E-state index >= 15 is 0 Å². The van der Waals surface area contributed by atoms with Crippen LogP contribution in [0.25, 0.3) is 10.9 Å². The Morgan fingerprint density at radius 2 is 1.89 bits per heavy atom. The molecular weight excluding hydrogens is 358 g/mol. The van der Waals surface area contributed by atoms with Crippen LogP contribution in [-0.4, -0.2) is 27.8 Å². The van der Waals surface area contributed by atoms with Crippen LogP contribution in [0.2, 0.25) is 0 Å². The zero-order valence-corrected chi connectivity index (χ0v) is 16.1. The molecule has 0 spiro atoms. The highest BCUT2D eigenvalue weighted by Gasteiger charge is 2.22. The largest absolute Gasteiger partial charge is 0.315 e.